The molecule has 0 bridgehead atoms. The number of amides is 1. The first-order chi connectivity index (χ1) is 12.0. The monoisotopic (exact) mass is 381 g/mol. The Bertz CT molecular complexity index is 867. The molecular weight excluding hydrogens is 358 g/mol. The van der Waals surface area contributed by atoms with Gasteiger partial charge in [-0.1, -0.05) is 34.9 Å². The van der Waals surface area contributed by atoms with E-state index >= 15 is 0 Å². The lowest BCUT2D eigenvalue weighted by molar-refractivity contribution is 0.0500. The van der Waals surface area contributed by atoms with Crippen molar-refractivity contribution in [1.29, 1.82) is 0 Å². The van der Waals surface area contributed by atoms with Crippen molar-refractivity contribution in [2.45, 2.75) is 57.2 Å². The number of rotatable bonds is 5. The fourth-order valence-electron chi connectivity index (χ4n) is 2.03. The minimum atomic E-state index is -3.78. The van der Waals surface area contributed by atoms with Crippen LogP contribution in [0.4, 0.5) is 4.79 Å². The highest BCUT2D eigenvalue weighted by molar-refractivity contribution is 7.90. The molecule has 9 heteroatoms. The number of nitrogens with one attached hydrogen (secondary N) is 1. The summed E-state index contributed by atoms with van der Waals surface area (Å²) in [6.07, 6.45) is -0.660. The zero-order valence-electron chi connectivity index (χ0n) is 15.4. The first-order valence-corrected chi connectivity index (χ1v) is 9.73. The normalized spacial score (nSPS) is 13.3. The van der Waals surface area contributed by atoms with Gasteiger partial charge in [-0.15, -0.1) is 5.10 Å². The highest BCUT2D eigenvalue weighted by Crippen LogP contribution is 2.19. The Morgan fingerprint density at radius 1 is 1.23 bits per heavy atom. The largest absolute Gasteiger partial charge is 0.444 e. The molecule has 0 fully saturated rings. The minimum absolute atomic E-state index is 0.0154. The van der Waals surface area contributed by atoms with E-state index in [-0.39, 0.29) is 11.6 Å². The lowest BCUT2D eigenvalue weighted by atomic mass is 10.2. The van der Waals surface area contributed by atoms with E-state index in [1.54, 1.807) is 39.8 Å². The van der Waals surface area contributed by atoms with Crippen molar-refractivity contribution in [2.24, 2.45) is 0 Å². The van der Waals surface area contributed by atoms with Gasteiger partial charge in [0.2, 0.25) is 15.7 Å². The van der Waals surface area contributed by atoms with E-state index in [1.165, 1.54) is 0 Å². The van der Waals surface area contributed by atoms with Crippen molar-refractivity contribution in [3.8, 4) is 0 Å². The molecular formula is C17H23N3O5S. The third kappa shape index (κ3) is 5.55. The van der Waals surface area contributed by atoms with E-state index in [2.05, 4.69) is 15.5 Å². The Hall–Kier alpha value is -2.42. The summed E-state index contributed by atoms with van der Waals surface area (Å²) in [6.45, 7) is 8.72. The highest BCUT2D eigenvalue weighted by atomic mass is 32.2. The first-order valence-electron chi connectivity index (χ1n) is 8.07. The van der Waals surface area contributed by atoms with Crippen LogP contribution in [0.5, 0.6) is 0 Å². The predicted octanol–water partition coefficient (Wildman–Crippen LogP) is 2.94. The maximum atomic E-state index is 12.4. The second kappa shape index (κ2) is 7.45. The number of sulfone groups is 1. The molecule has 1 atom stereocenters. The van der Waals surface area contributed by atoms with Crippen molar-refractivity contribution in [1.82, 2.24) is 15.5 Å². The maximum Gasteiger partial charge on any atom is 0.408 e. The number of carbonyl (C=O) groups excluding carboxylic acids is 1. The summed E-state index contributed by atoms with van der Waals surface area (Å²) in [4.78, 5) is 11.8. The molecule has 2 rings (SSSR count). The first kappa shape index (κ1) is 19.9. The molecule has 1 amide bonds. The van der Waals surface area contributed by atoms with Crippen LogP contribution < -0.4 is 5.32 Å². The van der Waals surface area contributed by atoms with Gasteiger partial charge in [-0.05, 0) is 40.2 Å². The van der Waals surface area contributed by atoms with Gasteiger partial charge in [-0.2, -0.15) is 0 Å². The topological polar surface area (TPSA) is 111 Å². The molecule has 0 spiro atoms. The number of benzene rings is 1. The van der Waals surface area contributed by atoms with Gasteiger partial charge in [0.1, 0.15) is 11.6 Å². The third-order valence-electron chi connectivity index (χ3n) is 3.27. The zero-order chi connectivity index (χ0) is 19.5. The van der Waals surface area contributed by atoms with E-state index in [0.717, 1.165) is 5.56 Å². The molecule has 2 aromatic rings. The summed E-state index contributed by atoms with van der Waals surface area (Å²) in [5, 5.41) is 9.37. The number of hydrogen-bond donors (Lipinski definition) is 1. The van der Waals surface area contributed by atoms with Crippen molar-refractivity contribution < 1.29 is 22.4 Å². The van der Waals surface area contributed by atoms with Crippen LogP contribution in [0.2, 0.25) is 0 Å². The Morgan fingerprint density at radius 2 is 1.85 bits per heavy atom. The fourth-order valence-corrected chi connectivity index (χ4v) is 3.16. The smallest absolute Gasteiger partial charge is 0.408 e. The van der Waals surface area contributed by atoms with Gasteiger partial charge in [0.05, 0.1) is 5.75 Å². The van der Waals surface area contributed by atoms with Gasteiger partial charge in [-0.25, -0.2) is 13.2 Å². The van der Waals surface area contributed by atoms with E-state index in [1.807, 2.05) is 19.1 Å². The molecule has 1 unspecified atom stereocenters. The Balaban J connectivity index is 2.07. The molecule has 1 aromatic heterocycles. The minimum Gasteiger partial charge on any atom is -0.444 e. The average Bonchev–Trinajstić information content (AvgIpc) is 2.98. The lowest BCUT2D eigenvalue weighted by Crippen LogP contribution is -2.34. The Labute approximate surface area is 152 Å². The average molecular weight is 381 g/mol. The summed E-state index contributed by atoms with van der Waals surface area (Å²) in [6, 6.07) is 6.43. The van der Waals surface area contributed by atoms with Crippen molar-refractivity contribution >= 4 is 15.9 Å². The molecule has 0 saturated heterocycles. The molecule has 26 heavy (non-hydrogen) atoms. The fraction of sp³-hybridized carbons (Fsp3) is 0.471. The number of carbonyl (C=O) groups is 1. The number of aromatic nitrogens is 2. The maximum absolute atomic E-state index is 12.4. The van der Waals surface area contributed by atoms with Gasteiger partial charge in [0, 0.05) is 0 Å². The molecule has 0 aliphatic rings. The van der Waals surface area contributed by atoms with Crippen LogP contribution in [0.15, 0.2) is 33.9 Å². The number of hydrogen-bond acceptors (Lipinski definition) is 7. The quantitative estimate of drug-likeness (QED) is 0.847. The van der Waals surface area contributed by atoms with E-state index in [4.69, 9.17) is 9.15 Å². The van der Waals surface area contributed by atoms with Crippen LogP contribution in [0.3, 0.4) is 0 Å². The van der Waals surface area contributed by atoms with Gasteiger partial charge in [0.25, 0.3) is 0 Å². The molecule has 1 heterocycles. The molecule has 0 saturated carbocycles. The number of alkyl carbamates (subject to hydrolysis) is 1. The molecule has 1 aromatic carbocycles. The van der Waals surface area contributed by atoms with E-state index < -0.39 is 32.8 Å². The standard InChI is InChI=1S/C17H23N3O5S/c1-11-6-8-13(9-7-11)10-26(22,23)16-20-19-14(24-16)12(2)18-15(21)25-17(3,4)5/h6-9,12H,10H2,1-5H3,(H,18,21). The predicted molar refractivity (Wildman–Crippen MR) is 94.2 cm³/mol. The van der Waals surface area contributed by atoms with Gasteiger partial charge < -0.3 is 14.5 Å². The molecule has 0 radical (unpaired) electrons. The Kier molecular flexibility index (Phi) is 5.70. The SMILES string of the molecule is Cc1ccc(CS(=O)(=O)c2nnc(C(C)NC(=O)OC(C)(C)C)o2)cc1. The van der Waals surface area contributed by atoms with E-state index in [9.17, 15) is 13.2 Å². The lowest BCUT2D eigenvalue weighted by Gasteiger charge is -2.20. The van der Waals surface area contributed by atoms with Crippen molar-refractivity contribution in [3.05, 3.63) is 41.3 Å². The molecule has 8 nitrogen and oxygen atoms in total. The van der Waals surface area contributed by atoms with Crippen LogP contribution >= 0.6 is 0 Å². The molecule has 0 aliphatic carbocycles. The van der Waals surface area contributed by atoms with E-state index in [0.29, 0.717) is 5.56 Å². The molecule has 1 N–H and O–H groups in total. The van der Waals surface area contributed by atoms with Crippen molar-refractivity contribution in [2.75, 3.05) is 0 Å². The number of nitrogens with zero attached hydrogens (tertiary/aromatic N) is 2. The molecule has 142 valence electrons. The zero-order valence-corrected chi connectivity index (χ0v) is 16.3. The highest BCUT2D eigenvalue weighted by Gasteiger charge is 2.26. The van der Waals surface area contributed by atoms with Crippen LogP contribution in [-0.2, 0) is 20.3 Å². The summed E-state index contributed by atoms with van der Waals surface area (Å²) >= 11 is 0. The third-order valence-corrected chi connectivity index (χ3v) is 4.68. The summed E-state index contributed by atoms with van der Waals surface area (Å²) < 4.78 is 35.2. The second-order valence-electron chi connectivity index (χ2n) is 7.02. The van der Waals surface area contributed by atoms with Gasteiger partial charge in [0.15, 0.2) is 0 Å². The van der Waals surface area contributed by atoms with Crippen LogP contribution in [0.1, 0.15) is 50.8 Å². The molecule has 0 aliphatic heterocycles. The van der Waals surface area contributed by atoms with Crippen LogP contribution in [0.25, 0.3) is 0 Å². The number of ether oxygens (including phenoxy) is 1. The Morgan fingerprint density at radius 3 is 2.42 bits per heavy atom. The van der Waals surface area contributed by atoms with Gasteiger partial charge >= 0.3 is 11.3 Å². The van der Waals surface area contributed by atoms with Crippen LogP contribution in [-0.4, -0.2) is 30.3 Å². The summed E-state index contributed by atoms with van der Waals surface area (Å²) in [5.41, 5.74) is 1.00. The number of aryl methyl sites for hydroxylation is 1. The van der Waals surface area contributed by atoms with Crippen molar-refractivity contribution in [3.63, 3.8) is 0 Å². The summed E-state index contributed by atoms with van der Waals surface area (Å²) in [7, 11) is -3.78. The van der Waals surface area contributed by atoms with Crippen LogP contribution in [0, 0.1) is 6.92 Å². The summed E-state index contributed by atoms with van der Waals surface area (Å²) in [5.74, 6) is -0.263. The second-order valence-corrected chi connectivity index (χ2v) is 8.89. The van der Waals surface area contributed by atoms with Gasteiger partial charge in [-0.3, -0.25) is 0 Å².